The highest BCUT2D eigenvalue weighted by Crippen LogP contribution is 2.59. The number of halogens is 1. The van der Waals surface area contributed by atoms with E-state index in [0.717, 1.165) is 16.8 Å². The molecule has 2 heterocycles. The van der Waals surface area contributed by atoms with E-state index < -0.39 is 4.87 Å². The summed E-state index contributed by atoms with van der Waals surface area (Å²) in [7, 11) is 0. The third-order valence-electron chi connectivity index (χ3n) is 5.96. The molecule has 168 valence electrons. The van der Waals surface area contributed by atoms with Gasteiger partial charge in [-0.2, -0.15) is 0 Å². The Morgan fingerprint density at radius 1 is 1.00 bits per heavy atom. The van der Waals surface area contributed by atoms with E-state index in [1.54, 1.807) is 21.9 Å². The molecule has 1 N–H and O–H groups in total. The third-order valence-corrected chi connectivity index (χ3v) is 7.55. The number of fused-ring (bicyclic) bond motifs is 2. The Hall–Kier alpha value is -3.32. The number of carbonyl (C=O) groups excluding carboxylic acids is 2. The van der Waals surface area contributed by atoms with Crippen LogP contribution in [0.5, 0.6) is 0 Å². The van der Waals surface area contributed by atoms with Crippen molar-refractivity contribution in [2.24, 2.45) is 0 Å². The molecular formula is C26H24FN3O2S. The Morgan fingerprint density at radius 3 is 2.39 bits per heavy atom. The van der Waals surface area contributed by atoms with Crippen molar-refractivity contribution in [2.75, 3.05) is 16.8 Å². The van der Waals surface area contributed by atoms with Crippen LogP contribution in [0.25, 0.3) is 0 Å². The number of hydrogen-bond acceptors (Lipinski definition) is 3. The zero-order valence-electron chi connectivity index (χ0n) is 18.4. The minimum Gasteiger partial charge on any atom is -0.308 e. The van der Waals surface area contributed by atoms with Gasteiger partial charge in [-0.1, -0.05) is 48.5 Å². The van der Waals surface area contributed by atoms with Crippen molar-refractivity contribution >= 4 is 35.1 Å². The maximum absolute atomic E-state index is 14.1. The molecule has 5 rings (SSSR count). The highest BCUT2D eigenvalue weighted by Gasteiger charge is 2.63. The lowest BCUT2D eigenvalue weighted by Crippen LogP contribution is -2.51. The molecule has 33 heavy (non-hydrogen) atoms. The molecule has 2 aliphatic rings. The summed E-state index contributed by atoms with van der Waals surface area (Å²) in [5.74, 6) is -0.480. The first-order chi connectivity index (χ1) is 15.8. The fourth-order valence-electron chi connectivity index (χ4n) is 4.60. The van der Waals surface area contributed by atoms with Crippen LogP contribution in [0.3, 0.4) is 0 Å². The Morgan fingerprint density at radius 2 is 1.67 bits per heavy atom. The summed E-state index contributed by atoms with van der Waals surface area (Å²) in [4.78, 5) is 29.8. The second-order valence-corrected chi connectivity index (χ2v) is 10.8. The first kappa shape index (κ1) is 21.5. The first-order valence-corrected chi connectivity index (χ1v) is 11.6. The van der Waals surface area contributed by atoms with Crippen LogP contribution >= 0.6 is 11.8 Å². The molecule has 3 aromatic rings. The molecule has 2 aliphatic heterocycles. The summed E-state index contributed by atoms with van der Waals surface area (Å²) in [6, 6.07) is 22.7. The number of hydrogen-bond donors (Lipinski definition) is 1. The van der Waals surface area contributed by atoms with Crippen molar-refractivity contribution in [2.45, 2.75) is 30.0 Å². The van der Waals surface area contributed by atoms with Gasteiger partial charge in [-0.15, -0.1) is 11.8 Å². The van der Waals surface area contributed by atoms with Crippen molar-refractivity contribution in [3.63, 3.8) is 0 Å². The normalized spacial score (nSPS) is 20.9. The number of thioether (sulfide) groups is 1. The molecule has 1 saturated heterocycles. The molecule has 1 fully saturated rings. The largest absolute Gasteiger partial charge is 0.323 e. The third kappa shape index (κ3) is 3.66. The number of para-hydroxylation sites is 2. The van der Waals surface area contributed by atoms with E-state index in [1.807, 2.05) is 68.4 Å². The molecule has 0 bridgehead atoms. The molecule has 3 aromatic carbocycles. The highest BCUT2D eigenvalue weighted by atomic mass is 32.2. The Bertz CT molecular complexity index is 1220. The fourth-order valence-corrected chi connectivity index (χ4v) is 6.33. The van der Waals surface area contributed by atoms with Gasteiger partial charge in [-0.05, 0) is 49.7 Å². The van der Waals surface area contributed by atoms with Gasteiger partial charge in [0.2, 0.25) is 0 Å². The summed E-state index contributed by atoms with van der Waals surface area (Å²) in [5, 5.41) is 2.96. The second kappa shape index (κ2) is 7.92. The van der Waals surface area contributed by atoms with Crippen LogP contribution in [0.15, 0.2) is 78.9 Å². The molecule has 7 heteroatoms. The number of urea groups is 1. The SMILES string of the molecule is CC1(C)CN(C(=O)Nc2ccccc2)[C@@]2(S1)C(=O)N(Cc1ccc(F)cc1)c1ccccc12. The maximum Gasteiger partial charge on any atom is 0.323 e. The van der Waals surface area contributed by atoms with Crippen LogP contribution in [-0.2, 0) is 16.2 Å². The van der Waals surface area contributed by atoms with E-state index in [1.165, 1.54) is 23.9 Å². The topological polar surface area (TPSA) is 52.7 Å². The molecule has 5 nitrogen and oxygen atoms in total. The molecule has 0 radical (unpaired) electrons. The van der Waals surface area contributed by atoms with Gasteiger partial charge in [0.25, 0.3) is 5.91 Å². The Labute approximate surface area is 196 Å². The van der Waals surface area contributed by atoms with Gasteiger partial charge in [-0.3, -0.25) is 9.69 Å². The van der Waals surface area contributed by atoms with Crippen LogP contribution in [-0.4, -0.2) is 28.1 Å². The van der Waals surface area contributed by atoms with Crippen molar-refractivity contribution in [1.82, 2.24) is 4.90 Å². The summed E-state index contributed by atoms with van der Waals surface area (Å²) in [5.41, 5.74) is 3.07. The Kier molecular flexibility index (Phi) is 5.16. The molecule has 3 amide bonds. The van der Waals surface area contributed by atoms with Gasteiger partial charge < -0.3 is 10.2 Å². The summed E-state index contributed by atoms with van der Waals surface area (Å²) >= 11 is 1.51. The lowest BCUT2D eigenvalue weighted by atomic mass is 10.1. The number of benzene rings is 3. The van der Waals surface area contributed by atoms with E-state index in [0.29, 0.717) is 18.8 Å². The summed E-state index contributed by atoms with van der Waals surface area (Å²) < 4.78 is 13.1. The molecule has 0 aromatic heterocycles. The van der Waals surface area contributed by atoms with Crippen LogP contribution in [0.2, 0.25) is 0 Å². The number of anilines is 2. The number of rotatable bonds is 3. The maximum atomic E-state index is 14.1. The van der Waals surface area contributed by atoms with Crippen LogP contribution in [0.1, 0.15) is 25.0 Å². The second-order valence-electron chi connectivity index (χ2n) is 8.92. The molecule has 0 unspecified atom stereocenters. The van der Waals surface area contributed by atoms with Gasteiger partial charge in [0.05, 0.1) is 12.2 Å². The first-order valence-electron chi connectivity index (χ1n) is 10.8. The quantitative estimate of drug-likeness (QED) is 0.554. The van der Waals surface area contributed by atoms with Gasteiger partial charge >= 0.3 is 6.03 Å². The zero-order valence-corrected chi connectivity index (χ0v) is 19.2. The van der Waals surface area contributed by atoms with Crippen molar-refractivity contribution < 1.29 is 14.0 Å². The minimum atomic E-state index is -1.17. The fraction of sp³-hybridized carbons (Fsp3) is 0.231. The van der Waals surface area contributed by atoms with E-state index >= 15 is 0 Å². The average molecular weight is 462 g/mol. The molecule has 1 atom stereocenters. The molecule has 0 saturated carbocycles. The predicted molar refractivity (Wildman–Crippen MR) is 130 cm³/mol. The summed E-state index contributed by atoms with van der Waals surface area (Å²) in [6.45, 7) is 4.81. The van der Waals surface area contributed by atoms with Gasteiger partial charge in [0.15, 0.2) is 4.87 Å². The van der Waals surface area contributed by atoms with Gasteiger partial charge in [-0.25, -0.2) is 9.18 Å². The van der Waals surface area contributed by atoms with E-state index in [4.69, 9.17) is 0 Å². The number of nitrogens with one attached hydrogen (secondary N) is 1. The number of nitrogens with zero attached hydrogens (tertiary/aromatic N) is 2. The smallest absolute Gasteiger partial charge is 0.308 e. The van der Waals surface area contributed by atoms with Crippen molar-refractivity contribution in [3.8, 4) is 0 Å². The van der Waals surface area contributed by atoms with E-state index in [2.05, 4.69) is 5.32 Å². The number of amides is 3. The summed E-state index contributed by atoms with van der Waals surface area (Å²) in [6.07, 6.45) is 0. The van der Waals surface area contributed by atoms with Gasteiger partial charge in [0.1, 0.15) is 5.82 Å². The van der Waals surface area contributed by atoms with Crippen molar-refractivity contribution in [1.29, 1.82) is 0 Å². The van der Waals surface area contributed by atoms with Crippen LogP contribution in [0.4, 0.5) is 20.6 Å². The highest BCUT2D eigenvalue weighted by molar-refractivity contribution is 8.02. The lowest BCUT2D eigenvalue weighted by molar-refractivity contribution is -0.123. The van der Waals surface area contributed by atoms with Crippen LogP contribution < -0.4 is 10.2 Å². The monoisotopic (exact) mass is 461 g/mol. The zero-order chi connectivity index (χ0) is 23.2. The number of carbonyl (C=O) groups is 2. The van der Waals surface area contributed by atoms with Crippen LogP contribution in [0, 0.1) is 5.82 Å². The lowest BCUT2D eigenvalue weighted by Gasteiger charge is -2.33. The Balaban J connectivity index is 1.56. The standard InChI is InChI=1S/C26H24FN3O2S/c1-25(2)17-30(24(32)28-20-8-4-3-5-9-20)26(33-25)21-10-6-7-11-22(21)29(23(26)31)16-18-12-14-19(27)15-13-18/h3-15H,16-17H2,1-2H3,(H,28,32)/t26-/m0/s1. The minimum absolute atomic E-state index is 0.160. The molecule has 1 spiro atoms. The average Bonchev–Trinajstić information content (AvgIpc) is 3.22. The van der Waals surface area contributed by atoms with E-state index in [-0.39, 0.29) is 22.5 Å². The molecular weight excluding hydrogens is 437 g/mol. The van der Waals surface area contributed by atoms with Crippen molar-refractivity contribution in [3.05, 3.63) is 95.8 Å². The van der Waals surface area contributed by atoms with Gasteiger partial charge in [0, 0.05) is 22.5 Å². The molecule has 0 aliphatic carbocycles. The van der Waals surface area contributed by atoms with E-state index in [9.17, 15) is 14.0 Å². The predicted octanol–water partition coefficient (Wildman–Crippen LogP) is 5.58.